The maximum absolute atomic E-state index is 12.3. The molecule has 1 amide bonds. The highest BCUT2D eigenvalue weighted by Crippen LogP contribution is 2.40. The van der Waals surface area contributed by atoms with Crippen molar-refractivity contribution >= 4 is 33.4 Å². The summed E-state index contributed by atoms with van der Waals surface area (Å²) in [7, 11) is 0. The zero-order chi connectivity index (χ0) is 20.2. The maximum atomic E-state index is 12.3. The van der Waals surface area contributed by atoms with E-state index in [2.05, 4.69) is 44.5 Å². The van der Waals surface area contributed by atoms with Crippen LogP contribution in [-0.4, -0.2) is 56.0 Å². The van der Waals surface area contributed by atoms with Crippen LogP contribution in [0.3, 0.4) is 0 Å². The molecule has 29 heavy (non-hydrogen) atoms. The van der Waals surface area contributed by atoms with Crippen molar-refractivity contribution < 1.29 is 14.4 Å². The van der Waals surface area contributed by atoms with Crippen molar-refractivity contribution in [2.24, 2.45) is 10.8 Å². The number of amides is 1. The van der Waals surface area contributed by atoms with E-state index in [1.165, 1.54) is 4.90 Å². The number of halogens is 1. The lowest BCUT2D eigenvalue weighted by atomic mass is 9.93. The van der Waals surface area contributed by atoms with Crippen molar-refractivity contribution in [1.82, 2.24) is 10.3 Å². The molecule has 0 bridgehead atoms. The van der Waals surface area contributed by atoms with E-state index in [1.807, 2.05) is 30.3 Å². The Bertz CT molecular complexity index is 899. The molecule has 4 rings (SSSR count). The molecule has 2 aliphatic heterocycles. The van der Waals surface area contributed by atoms with Gasteiger partial charge in [0.05, 0.1) is 24.9 Å². The van der Waals surface area contributed by atoms with Gasteiger partial charge >= 0.3 is 0 Å². The van der Waals surface area contributed by atoms with Gasteiger partial charge in [0.15, 0.2) is 5.84 Å². The molecule has 0 spiro atoms. The smallest absolute Gasteiger partial charge is 0.253 e. The van der Waals surface area contributed by atoms with Crippen LogP contribution in [0, 0.1) is 0 Å². The fourth-order valence-corrected chi connectivity index (χ4v) is 4.32. The van der Waals surface area contributed by atoms with E-state index < -0.39 is 0 Å². The molecule has 152 valence electrons. The normalized spacial score (nSPS) is 19.4. The van der Waals surface area contributed by atoms with Crippen molar-refractivity contribution in [3.8, 4) is 0 Å². The molecule has 2 heterocycles. The second-order valence-electron chi connectivity index (χ2n) is 7.28. The second-order valence-corrected chi connectivity index (χ2v) is 8.19. The Hall–Kier alpha value is -2.26. The lowest BCUT2D eigenvalue weighted by molar-refractivity contribution is -0.899. The third kappa shape index (κ3) is 4.51. The van der Waals surface area contributed by atoms with Crippen LogP contribution in [0.15, 0.2) is 58.0 Å². The molecule has 0 unspecified atom stereocenters. The second kappa shape index (κ2) is 9.04. The first-order valence-corrected chi connectivity index (χ1v) is 10.5. The quantitative estimate of drug-likeness (QED) is 0.351. The summed E-state index contributed by atoms with van der Waals surface area (Å²) in [6.07, 6.45) is 0. The van der Waals surface area contributed by atoms with Crippen LogP contribution >= 0.6 is 15.9 Å². The summed E-state index contributed by atoms with van der Waals surface area (Å²) >= 11 is 3.59. The van der Waals surface area contributed by atoms with Gasteiger partial charge in [0.2, 0.25) is 0 Å². The number of fused-ring (bicyclic) bond motifs is 1. The van der Waals surface area contributed by atoms with Crippen molar-refractivity contribution in [1.29, 1.82) is 0 Å². The third-order valence-corrected chi connectivity index (χ3v) is 5.87. The molecule has 7 nitrogen and oxygen atoms in total. The molecule has 2 aromatic carbocycles. The standard InChI is InChI=1S/C21H24BrN5O2/c22-16-6-7-18-17(12-16)21(15-4-2-1-3-5-15)27(14-20(28)25-23)19(24-18)13-26-8-10-29-11-9-26/h1-7,12,21H,8-11,13-14,23H2,(H,25,28)/p+1/t21-/m1/s1. The minimum Gasteiger partial charge on any atom is -0.370 e. The highest BCUT2D eigenvalue weighted by Gasteiger charge is 2.34. The number of quaternary nitrogens is 1. The molecule has 4 N–H and O–H groups in total. The summed E-state index contributed by atoms with van der Waals surface area (Å²) in [6.45, 7) is 4.23. The lowest BCUT2D eigenvalue weighted by Gasteiger charge is -2.39. The topological polar surface area (TPSA) is 84.4 Å². The number of aliphatic imine (C=N–C) groups is 1. The number of hydrazine groups is 1. The number of hydrogen-bond acceptors (Lipinski definition) is 5. The predicted octanol–water partition coefficient (Wildman–Crippen LogP) is 0.789. The first-order valence-electron chi connectivity index (χ1n) is 9.75. The Kier molecular flexibility index (Phi) is 6.25. The van der Waals surface area contributed by atoms with Gasteiger partial charge in [-0.15, -0.1) is 0 Å². The fraction of sp³-hybridized carbons (Fsp3) is 0.333. The molecule has 0 radical (unpaired) electrons. The number of nitrogens with two attached hydrogens (primary N) is 1. The molecule has 2 aliphatic rings. The number of carbonyl (C=O) groups is 1. The predicted molar refractivity (Wildman–Crippen MR) is 115 cm³/mol. The number of hydrogen-bond donors (Lipinski definition) is 3. The number of morpholine rings is 1. The van der Waals surface area contributed by atoms with E-state index in [9.17, 15) is 4.79 Å². The number of ether oxygens (including phenoxy) is 1. The number of nitrogens with one attached hydrogen (secondary N) is 2. The largest absolute Gasteiger partial charge is 0.370 e. The van der Waals surface area contributed by atoms with Crippen LogP contribution in [0.1, 0.15) is 17.2 Å². The first kappa shape index (κ1) is 20.0. The molecular weight excluding hydrogens is 434 g/mol. The Labute approximate surface area is 178 Å². The van der Waals surface area contributed by atoms with Gasteiger partial charge in [0, 0.05) is 10.0 Å². The first-order chi connectivity index (χ1) is 14.2. The molecule has 0 saturated carbocycles. The van der Waals surface area contributed by atoms with Gasteiger partial charge in [0.1, 0.15) is 26.2 Å². The zero-order valence-electron chi connectivity index (χ0n) is 16.1. The molecule has 1 atom stereocenters. The van der Waals surface area contributed by atoms with E-state index >= 15 is 0 Å². The monoisotopic (exact) mass is 458 g/mol. The Morgan fingerprint density at radius 3 is 2.72 bits per heavy atom. The average molecular weight is 459 g/mol. The van der Waals surface area contributed by atoms with Crippen molar-refractivity contribution in [3.63, 3.8) is 0 Å². The number of amidine groups is 1. The third-order valence-electron chi connectivity index (χ3n) is 5.38. The highest BCUT2D eigenvalue weighted by atomic mass is 79.9. The van der Waals surface area contributed by atoms with Crippen molar-refractivity contribution in [2.75, 3.05) is 39.4 Å². The summed E-state index contributed by atoms with van der Waals surface area (Å²) < 4.78 is 6.48. The zero-order valence-corrected chi connectivity index (χ0v) is 17.7. The van der Waals surface area contributed by atoms with Gasteiger partial charge in [-0.3, -0.25) is 10.2 Å². The summed E-state index contributed by atoms with van der Waals surface area (Å²) in [4.78, 5) is 20.8. The number of carbonyl (C=O) groups excluding carboxylic acids is 1. The SMILES string of the molecule is NNC(=O)CN1C(C[NH+]2CCOCC2)=Nc2ccc(Br)cc2[C@H]1c1ccccc1. The molecule has 2 aromatic rings. The van der Waals surface area contributed by atoms with Gasteiger partial charge in [-0.25, -0.2) is 10.8 Å². The molecular formula is C21H25BrN5O2+. The van der Waals surface area contributed by atoms with Gasteiger partial charge < -0.3 is 14.5 Å². The number of benzene rings is 2. The van der Waals surface area contributed by atoms with Gasteiger partial charge in [-0.1, -0.05) is 46.3 Å². The maximum Gasteiger partial charge on any atom is 0.253 e. The van der Waals surface area contributed by atoms with E-state index in [0.717, 1.165) is 60.0 Å². The van der Waals surface area contributed by atoms with Crippen LogP contribution in [-0.2, 0) is 9.53 Å². The Balaban J connectivity index is 1.78. The number of rotatable bonds is 5. The van der Waals surface area contributed by atoms with Gasteiger partial charge in [-0.2, -0.15) is 0 Å². The van der Waals surface area contributed by atoms with Crippen LogP contribution in [0.2, 0.25) is 0 Å². The van der Waals surface area contributed by atoms with E-state index in [0.29, 0.717) is 0 Å². The average Bonchev–Trinajstić information content (AvgIpc) is 2.75. The molecule has 8 heteroatoms. The minimum atomic E-state index is -0.242. The van der Waals surface area contributed by atoms with Gasteiger partial charge in [0.25, 0.3) is 5.91 Å². The molecule has 1 fully saturated rings. The van der Waals surface area contributed by atoms with Crippen molar-refractivity contribution in [2.45, 2.75) is 6.04 Å². The summed E-state index contributed by atoms with van der Waals surface area (Å²) in [5.74, 6) is 6.08. The molecule has 0 aliphatic carbocycles. The van der Waals surface area contributed by atoms with E-state index in [1.54, 1.807) is 0 Å². The van der Waals surface area contributed by atoms with Gasteiger partial charge in [-0.05, 0) is 23.8 Å². The number of nitrogens with zero attached hydrogens (tertiary/aromatic N) is 2. The van der Waals surface area contributed by atoms with Crippen LogP contribution in [0.4, 0.5) is 5.69 Å². The van der Waals surface area contributed by atoms with Crippen molar-refractivity contribution in [3.05, 3.63) is 64.1 Å². The van der Waals surface area contributed by atoms with E-state index in [-0.39, 0.29) is 18.5 Å². The summed E-state index contributed by atoms with van der Waals surface area (Å²) in [5, 5.41) is 0. The minimum absolute atomic E-state index is 0.117. The van der Waals surface area contributed by atoms with Crippen LogP contribution in [0.25, 0.3) is 0 Å². The Morgan fingerprint density at radius 2 is 2.00 bits per heavy atom. The van der Waals surface area contributed by atoms with E-state index in [4.69, 9.17) is 15.6 Å². The Morgan fingerprint density at radius 1 is 1.24 bits per heavy atom. The summed E-state index contributed by atoms with van der Waals surface area (Å²) in [5.41, 5.74) is 5.39. The summed E-state index contributed by atoms with van der Waals surface area (Å²) in [6, 6.07) is 16.2. The van der Waals surface area contributed by atoms with Crippen LogP contribution < -0.4 is 16.2 Å². The molecule has 1 saturated heterocycles. The lowest BCUT2D eigenvalue weighted by Crippen LogP contribution is -3.15. The molecule has 0 aromatic heterocycles. The fourth-order valence-electron chi connectivity index (χ4n) is 3.95. The highest BCUT2D eigenvalue weighted by molar-refractivity contribution is 9.10. The van der Waals surface area contributed by atoms with Crippen LogP contribution in [0.5, 0.6) is 0 Å².